The number of carbonyl (C=O) groups is 2. The summed E-state index contributed by atoms with van der Waals surface area (Å²) in [5.74, 6) is 0.337. The number of anilines is 1. The Labute approximate surface area is 199 Å². The molecule has 1 aromatic heterocycles. The minimum Gasteiger partial charge on any atom is -0.497 e. The molecule has 0 unspecified atom stereocenters. The molecule has 3 aromatic rings. The van der Waals surface area contributed by atoms with Gasteiger partial charge in [-0.2, -0.15) is 0 Å². The van der Waals surface area contributed by atoms with Crippen molar-refractivity contribution < 1.29 is 19.1 Å². The molecule has 8 nitrogen and oxygen atoms in total. The van der Waals surface area contributed by atoms with Gasteiger partial charge in [0.25, 0.3) is 5.91 Å². The summed E-state index contributed by atoms with van der Waals surface area (Å²) < 4.78 is 10.4. The van der Waals surface area contributed by atoms with Crippen molar-refractivity contribution in [1.82, 2.24) is 14.9 Å². The van der Waals surface area contributed by atoms with Crippen LogP contribution in [0.25, 0.3) is 11.4 Å². The fourth-order valence-corrected chi connectivity index (χ4v) is 4.00. The van der Waals surface area contributed by atoms with E-state index in [4.69, 9.17) is 9.47 Å². The average Bonchev–Trinajstić information content (AvgIpc) is 2.88. The third-order valence-electron chi connectivity index (χ3n) is 5.81. The van der Waals surface area contributed by atoms with Gasteiger partial charge in [-0.05, 0) is 38.1 Å². The predicted octanol–water partition coefficient (Wildman–Crippen LogP) is 3.60. The summed E-state index contributed by atoms with van der Waals surface area (Å²) in [7, 11) is 1.64. The van der Waals surface area contributed by atoms with Crippen molar-refractivity contribution in [2.75, 3.05) is 44.8 Å². The molecule has 1 saturated heterocycles. The molecule has 1 amide bonds. The molecule has 2 aromatic carbocycles. The number of piperazine rings is 1. The maximum absolute atomic E-state index is 13.6. The molecule has 1 aliphatic heterocycles. The maximum atomic E-state index is 13.6. The average molecular weight is 461 g/mol. The van der Waals surface area contributed by atoms with Gasteiger partial charge in [-0.25, -0.2) is 14.8 Å². The predicted molar refractivity (Wildman–Crippen MR) is 129 cm³/mol. The Hall–Kier alpha value is -3.94. The lowest BCUT2D eigenvalue weighted by Crippen LogP contribution is -2.49. The molecule has 0 radical (unpaired) electrons. The lowest BCUT2D eigenvalue weighted by atomic mass is 10.1. The molecule has 0 spiro atoms. The highest BCUT2D eigenvalue weighted by atomic mass is 16.5. The molecule has 0 bridgehead atoms. The molecule has 0 aliphatic carbocycles. The minimum atomic E-state index is -0.583. The van der Waals surface area contributed by atoms with Crippen LogP contribution in [-0.4, -0.2) is 66.6 Å². The number of aromatic nitrogens is 2. The molecule has 4 rings (SSSR count). The zero-order valence-electron chi connectivity index (χ0n) is 19.7. The monoisotopic (exact) mass is 460 g/mol. The van der Waals surface area contributed by atoms with Crippen molar-refractivity contribution >= 4 is 17.6 Å². The summed E-state index contributed by atoms with van der Waals surface area (Å²) in [6.07, 6.45) is 0. The fraction of sp³-hybridized carbons (Fsp3) is 0.308. The molecule has 0 saturated carbocycles. The lowest BCUT2D eigenvalue weighted by Gasteiger charge is -2.36. The van der Waals surface area contributed by atoms with E-state index in [2.05, 4.69) is 14.9 Å². The number of amides is 1. The van der Waals surface area contributed by atoms with E-state index in [1.165, 1.54) is 0 Å². The van der Waals surface area contributed by atoms with Crippen LogP contribution in [0.2, 0.25) is 0 Å². The highest BCUT2D eigenvalue weighted by molar-refractivity contribution is 6.05. The van der Waals surface area contributed by atoms with Gasteiger partial charge in [0.05, 0.1) is 19.4 Å². The van der Waals surface area contributed by atoms with Gasteiger partial charge >= 0.3 is 5.97 Å². The Morgan fingerprint density at radius 2 is 1.62 bits per heavy atom. The van der Waals surface area contributed by atoms with Gasteiger partial charge < -0.3 is 19.3 Å². The number of nitrogens with zero attached hydrogens (tertiary/aromatic N) is 4. The quantitative estimate of drug-likeness (QED) is 0.520. The Balaban J connectivity index is 1.60. The number of hydrogen-bond donors (Lipinski definition) is 0. The SMILES string of the molecule is CCOC(=O)c1c(C)nc(-c2ccccc2)nc1C(=O)N1CCN(c2ccc(OC)cc2)CC1. The van der Waals surface area contributed by atoms with E-state index >= 15 is 0 Å². The van der Waals surface area contributed by atoms with Crippen LogP contribution in [0.15, 0.2) is 54.6 Å². The van der Waals surface area contributed by atoms with Gasteiger partial charge in [0.1, 0.15) is 17.0 Å². The van der Waals surface area contributed by atoms with Gasteiger partial charge in [-0.15, -0.1) is 0 Å². The normalized spacial score (nSPS) is 13.5. The van der Waals surface area contributed by atoms with Crippen LogP contribution in [-0.2, 0) is 4.74 Å². The van der Waals surface area contributed by atoms with Gasteiger partial charge in [0, 0.05) is 37.4 Å². The first-order valence-corrected chi connectivity index (χ1v) is 11.3. The summed E-state index contributed by atoms with van der Waals surface area (Å²) in [4.78, 5) is 39.3. The van der Waals surface area contributed by atoms with Crippen LogP contribution in [0.3, 0.4) is 0 Å². The van der Waals surface area contributed by atoms with Crippen LogP contribution in [0.4, 0.5) is 5.69 Å². The third kappa shape index (κ3) is 4.85. The second-order valence-corrected chi connectivity index (χ2v) is 7.92. The number of methoxy groups -OCH3 is 1. The van der Waals surface area contributed by atoms with E-state index < -0.39 is 5.97 Å². The highest BCUT2D eigenvalue weighted by Crippen LogP contribution is 2.24. The second-order valence-electron chi connectivity index (χ2n) is 7.92. The van der Waals surface area contributed by atoms with E-state index in [0.717, 1.165) is 17.0 Å². The van der Waals surface area contributed by atoms with Gasteiger partial charge in [0.15, 0.2) is 5.82 Å². The standard InChI is InChI=1S/C26H28N4O4/c1-4-34-26(32)22-18(2)27-24(19-8-6-5-7-9-19)28-23(22)25(31)30-16-14-29(15-17-30)20-10-12-21(33-3)13-11-20/h5-13H,4,14-17H2,1-3H3. The van der Waals surface area contributed by atoms with E-state index in [-0.39, 0.29) is 23.8 Å². The molecule has 0 atom stereocenters. The first-order chi connectivity index (χ1) is 16.5. The van der Waals surface area contributed by atoms with E-state index in [1.807, 2.05) is 54.6 Å². The molecule has 1 aliphatic rings. The molecule has 1 fully saturated rings. The Kier molecular flexibility index (Phi) is 7.06. The summed E-state index contributed by atoms with van der Waals surface area (Å²) in [6, 6.07) is 17.3. The van der Waals surface area contributed by atoms with E-state index in [0.29, 0.717) is 37.7 Å². The lowest BCUT2D eigenvalue weighted by molar-refractivity contribution is 0.0515. The number of rotatable bonds is 6. The summed E-state index contributed by atoms with van der Waals surface area (Å²) >= 11 is 0. The number of carbonyl (C=O) groups excluding carboxylic acids is 2. The number of ether oxygens (including phenoxy) is 2. The van der Waals surface area contributed by atoms with E-state index in [9.17, 15) is 9.59 Å². The topological polar surface area (TPSA) is 84.9 Å². The largest absolute Gasteiger partial charge is 0.497 e. The summed E-state index contributed by atoms with van der Waals surface area (Å²) in [5.41, 5.74) is 2.49. The molecule has 2 heterocycles. The fourth-order valence-electron chi connectivity index (χ4n) is 4.00. The third-order valence-corrected chi connectivity index (χ3v) is 5.81. The molecular formula is C26H28N4O4. The van der Waals surface area contributed by atoms with Crippen LogP contribution >= 0.6 is 0 Å². The van der Waals surface area contributed by atoms with Crippen molar-refractivity contribution in [3.63, 3.8) is 0 Å². The zero-order chi connectivity index (χ0) is 24.1. The van der Waals surface area contributed by atoms with Gasteiger partial charge in [-0.3, -0.25) is 4.79 Å². The number of esters is 1. The van der Waals surface area contributed by atoms with Gasteiger partial charge in [-0.1, -0.05) is 30.3 Å². The van der Waals surface area contributed by atoms with Crippen molar-refractivity contribution in [2.24, 2.45) is 0 Å². The van der Waals surface area contributed by atoms with Crippen molar-refractivity contribution in [3.05, 3.63) is 71.5 Å². The number of hydrogen-bond acceptors (Lipinski definition) is 7. The number of aryl methyl sites for hydroxylation is 1. The minimum absolute atomic E-state index is 0.0858. The molecule has 176 valence electrons. The van der Waals surface area contributed by atoms with Crippen molar-refractivity contribution in [2.45, 2.75) is 13.8 Å². The Bertz CT molecular complexity index is 1160. The molecule has 34 heavy (non-hydrogen) atoms. The molecular weight excluding hydrogens is 432 g/mol. The zero-order valence-corrected chi connectivity index (χ0v) is 19.7. The van der Waals surface area contributed by atoms with Crippen LogP contribution in [0.5, 0.6) is 5.75 Å². The first-order valence-electron chi connectivity index (χ1n) is 11.3. The summed E-state index contributed by atoms with van der Waals surface area (Å²) in [5, 5.41) is 0. The first kappa shape index (κ1) is 23.2. The molecule has 8 heteroatoms. The maximum Gasteiger partial charge on any atom is 0.342 e. The van der Waals surface area contributed by atoms with Crippen LogP contribution < -0.4 is 9.64 Å². The van der Waals surface area contributed by atoms with Gasteiger partial charge in [0.2, 0.25) is 0 Å². The van der Waals surface area contributed by atoms with Crippen LogP contribution in [0, 0.1) is 6.92 Å². The Morgan fingerprint density at radius 3 is 2.24 bits per heavy atom. The smallest absolute Gasteiger partial charge is 0.342 e. The number of benzene rings is 2. The van der Waals surface area contributed by atoms with E-state index in [1.54, 1.807) is 25.9 Å². The van der Waals surface area contributed by atoms with Crippen molar-refractivity contribution in [3.8, 4) is 17.1 Å². The molecule has 0 N–H and O–H groups in total. The van der Waals surface area contributed by atoms with Crippen molar-refractivity contribution in [1.29, 1.82) is 0 Å². The highest BCUT2D eigenvalue weighted by Gasteiger charge is 2.30. The summed E-state index contributed by atoms with van der Waals surface area (Å²) in [6.45, 7) is 6.00. The Morgan fingerprint density at radius 1 is 0.941 bits per heavy atom. The second kappa shape index (κ2) is 10.3. The van der Waals surface area contributed by atoms with Crippen LogP contribution in [0.1, 0.15) is 33.5 Å².